The molecule has 5 aromatic rings. The highest BCUT2D eigenvalue weighted by Crippen LogP contribution is 2.45. The second kappa shape index (κ2) is 4.98. The summed E-state index contributed by atoms with van der Waals surface area (Å²) in [7, 11) is 0. The second-order valence-electron chi connectivity index (χ2n) is 8.27. The van der Waals surface area contributed by atoms with Gasteiger partial charge in [0.25, 0.3) is 0 Å². The van der Waals surface area contributed by atoms with Gasteiger partial charge in [0, 0.05) is 22.7 Å². The number of aromatic nitrogens is 2. The Labute approximate surface area is 158 Å². The summed E-state index contributed by atoms with van der Waals surface area (Å²) < 4.78 is 2.41. The van der Waals surface area contributed by atoms with Crippen LogP contribution in [0.5, 0.6) is 0 Å². The van der Waals surface area contributed by atoms with Crippen LogP contribution < -0.4 is 0 Å². The zero-order valence-electron chi connectivity index (χ0n) is 15.5. The Morgan fingerprint density at radius 1 is 0.852 bits per heavy atom. The van der Waals surface area contributed by atoms with E-state index < -0.39 is 0 Å². The Morgan fingerprint density at radius 2 is 1.59 bits per heavy atom. The average molecular weight is 348 g/mol. The van der Waals surface area contributed by atoms with E-state index in [-0.39, 0.29) is 5.41 Å². The van der Waals surface area contributed by atoms with Crippen LogP contribution >= 0.6 is 0 Å². The average Bonchev–Trinajstić information content (AvgIpc) is 3.11. The third kappa shape index (κ3) is 1.88. The number of nitrogens with zero attached hydrogens (tertiary/aromatic N) is 2. The smallest absolute Gasteiger partial charge is 0.145 e. The Balaban J connectivity index is 1.95. The van der Waals surface area contributed by atoms with E-state index in [9.17, 15) is 0 Å². The van der Waals surface area contributed by atoms with Crippen LogP contribution in [-0.4, -0.2) is 9.38 Å². The first-order valence-corrected chi connectivity index (χ1v) is 9.55. The van der Waals surface area contributed by atoms with Gasteiger partial charge in [-0.05, 0) is 33.9 Å². The summed E-state index contributed by atoms with van der Waals surface area (Å²) in [5.41, 5.74) is 7.79. The molecule has 0 spiro atoms. The van der Waals surface area contributed by atoms with Gasteiger partial charge in [0.15, 0.2) is 0 Å². The summed E-state index contributed by atoms with van der Waals surface area (Å²) in [5.74, 6) is 0. The molecule has 0 amide bonds. The van der Waals surface area contributed by atoms with Crippen molar-refractivity contribution < 1.29 is 0 Å². The van der Waals surface area contributed by atoms with Gasteiger partial charge in [-0.15, -0.1) is 0 Å². The van der Waals surface area contributed by atoms with E-state index in [0.717, 1.165) is 12.1 Å². The number of imidazole rings is 1. The molecule has 1 aliphatic heterocycles. The molecule has 27 heavy (non-hydrogen) atoms. The molecule has 6 rings (SSSR count). The molecule has 1 aliphatic rings. The highest BCUT2D eigenvalue weighted by molar-refractivity contribution is 6.18. The van der Waals surface area contributed by atoms with Crippen LogP contribution in [0.3, 0.4) is 0 Å². The SMILES string of the molecule is CC1(C)Cc2cnc3c4ccccc4c4c(-c5ccccc5)ccc1c4n23. The normalized spacial score (nSPS) is 15.2. The zero-order chi connectivity index (χ0) is 18.2. The molecular weight excluding hydrogens is 328 g/mol. The molecule has 2 nitrogen and oxygen atoms in total. The number of fused-ring (bicyclic) bond motifs is 3. The summed E-state index contributed by atoms with van der Waals surface area (Å²) in [4.78, 5) is 4.83. The number of rotatable bonds is 1. The lowest BCUT2D eigenvalue weighted by atomic mass is 9.76. The van der Waals surface area contributed by atoms with Gasteiger partial charge in [-0.3, -0.25) is 4.40 Å². The molecule has 0 aliphatic carbocycles. The molecule has 0 saturated carbocycles. The van der Waals surface area contributed by atoms with Crippen LogP contribution in [-0.2, 0) is 11.8 Å². The van der Waals surface area contributed by atoms with Crippen molar-refractivity contribution in [3.63, 3.8) is 0 Å². The number of hydrogen-bond donors (Lipinski definition) is 0. The molecular formula is C25H20N2. The van der Waals surface area contributed by atoms with Crippen molar-refractivity contribution in [3.8, 4) is 11.1 Å². The van der Waals surface area contributed by atoms with E-state index in [0.29, 0.717) is 0 Å². The lowest BCUT2D eigenvalue weighted by Crippen LogP contribution is -2.26. The van der Waals surface area contributed by atoms with Crippen LogP contribution in [0, 0.1) is 0 Å². The van der Waals surface area contributed by atoms with Crippen molar-refractivity contribution in [2.45, 2.75) is 25.7 Å². The molecule has 3 aromatic carbocycles. The van der Waals surface area contributed by atoms with Gasteiger partial charge in [-0.1, -0.05) is 80.6 Å². The van der Waals surface area contributed by atoms with Gasteiger partial charge in [-0.25, -0.2) is 4.98 Å². The van der Waals surface area contributed by atoms with Crippen molar-refractivity contribution in [3.05, 3.63) is 84.2 Å². The fourth-order valence-electron chi connectivity index (χ4n) is 4.90. The molecule has 0 saturated heterocycles. The maximum atomic E-state index is 4.83. The fourth-order valence-corrected chi connectivity index (χ4v) is 4.90. The number of hydrogen-bond acceptors (Lipinski definition) is 1. The molecule has 2 aromatic heterocycles. The second-order valence-corrected chi connectivity index (χ2v) is 8.27. The third-order valence-corrected chi connectivity index (χ3v) is 6.11. The minimum absolute atomic E-state index is 0.0961. The molecule has 0 N–H and O–H groups in total. The minimum atomic E-state index is 0.0961. The molecule has 0 bridgehead atoms. The third-order valence-electron chi connectivity index (χ3n) is 6.11. The van der Waals surface area contributed by atoms with Crippen molar-refractivity contribution in [2.24, 2.45) is 0 Å². The predicted octanol–water partition coefficient (Wildman–Crippen LogP) is 6.14. The zero-order valence-corrected chi connectivity index (χ0v) is 15.5. The number of benzene rings is 3. The first-order chi connectivity index (χ1) is 13.1. The first-order valence-electron chi connectivity index (χ1n) is 9.55. The van der Waals surface area contributed by atoms with Gasteiger partial charge >= 0.3 is 0 Å². The summed E-state index contributed by atoms with van der Waals surface area (Å²) in [6.07, 6.45) is 3.08. The van der Waals surface area contributed by atoms with Gasteiger partial charge in [0.05, 0.1) is 5.52 Å². The molecule has 0 unspecified atom stereocenters. The highest BCUT2D eigenvalue weighted by Gasteiger charge is 2.32. The number of pyridine rings is 1. The summed E-state index contributed by atoms with van der Waals surface area (Å²) in [6.45, 7) is 4.70. The largest absolute Gasteiger partial charge is 0.296 e. The molecule has 0 radical (unpaired) electrons. The van der Waals surface area contributed by atoms with E-state index in [2.05, 4.69) is 91.2 Å². The molecule has 130 valence electrons. The van der Waals surface area contributed by atoms with Gasteiger partial charge in [0.1, 0.15) is 5.65 Å². The minimum Gasteiger partial charge on any atom is -0.296 e. The monoisotopic (exact) mass is 348 g/mol. The lowest BCUT2D eigenvalue weighted by molar-refractivity contribution is 0.506. The van der Waals surface area contributed by atoms with Gasteiger partial charge < -0.3 is 0 Å². The summed E-state index contributed by atoms with van der Waals surface area (Å²) >= 11 is 0. The Hall–Kier alpha value is -3.13. The Bertz CT molecular complexity index is 1360. The van der Waals surface area contributed by atoms with Crippen LogP contribution in [0.1, 0.15) is 25.1 Å². The van der Waals surface area contributed by atoms with Crippen molar-refractivity contribution >= 4 is 27.3 Å². The van der Waals surface area contributed by atoms with Crippen molar-refractivity contribution in [1.29, 1.82) is 0 Å². The van der Waals surface area contributed by atoms with Crippen molar-refractivity contribution in [1.82, 2.24) is 9.38 Å². The first kappa shape index (κ1) is 15.0. The topological polar surface area (TPSA) is 17.3 Å². The van der Waals surface area contributed by atoms with E-state index in [1.807, 2.05) is 0 Å². The van der Waals surface area contributed by atoms with Crippen LogP contribution in [0.15, 0.2) is 72.9 Å². The van der Waals surface area contributed by atoms with E-state index >= 15 is 0 Å². The predicted molar refractivity (Wildman–Crippen MR) is 112 cm³/mol. The quantitative estimate of drug-likeness (QED) is 0.333. The van der Waals surface area contributed by atoms with Gasteiger partial charge in [-0.2, -0.15) is 0 Å². The summed E-state index contributed by atoms with van der Waals surface area (Å²) in [6, 6.07) is 24.1. The molecule has 2 heteroatoms. The summed E-state index contributed by atoms with van der Waals surface area (Å²) in [5, 5.41) is 3.86. The lowest BCUT2D eigenvalue weighted by Gasteiger charge is -2.32. The maximum absolute atomic E-state index is 4.83. The van der Waals surface area contributed by atoms with Gasteiger partial charge in [0.2, 0.25) is 0 Å². The maximum Gasteiger partial charge on any atom is 0.145 e. The molecule has 3 heterocycles. The molecule has 0 atom stereocenters. The van der Waals surface area contributed by atoms with E-state index in [4.69, 9.17) is 4.98 Å². The van der Waals surface area contributed by atoms with E-state index in [1.54, 1.807) is 0 Å². The Kier molecular flexibility index (Phi) is 2.76. The standard InChI is InChI=1S/C25H20N2/c1-25(2)14-17-15-26-24-20-11-7-6-10-19(20)22-18(16-8-4-3-5-9-16)12-13-21(25)23(22)27(17)24/h3-13,15H,14H2,1-2H3. The van der Waals surface area contributed by atoms with Crippen molar-refractivity contribution in [2.75, 3.05) is 0 Å². The highest BCUT2D eigenvalue weighted by atomic mass is 15.0. The van der Waals surface area contributed by atoms with Crippen LogP contribution in [0.2, 0.25) is 0 Å². The van der Waals surface area contributed by atoms with E-state index in [1.165, 1.54) is 44.1 Å². The van der Waals surface area contributed by atoms with Crippen LogP contribution in [0.25, 0.3) is 38.4 Å². The fraction of sp³-hybridized carbons (Fsp3) is 0.160. The van der Waals surface area contributed by atoms with Crippen LogP contribution in [0.4, 0.5) is 0 Å². The molecule has 0 fully saturated rings. The Morgan fingerprint density at radius 3 is 2.41 bits per heavy atom.